The summed E-state index contributed by atoms with van der Waals surface area (Å²) in [7, 11) is 3.54. The zero-order valence-corrected chi connectivity index (χ0v) is 12.2. The molecule has 1 N–H and O–H groups in total. The van der Waals surface area contributed by atoms with Crippen molar-refractivity contribution in [1.82, 2.24) is 5.32 Å². The van der Waals surface area contributed by atoms with Crippen molar-refractivity contribution >= 4 is 0 Å². The zero-order valence-electron chi connectivity index (χ0n) is 12.2. The molecule has 0 saturated heterocycles. The van der Waals surface area contributed by atoms with Crippen LogP contribution in [-0.2, 0) is 4.74 Å². The van der Waals surface area contributed by atoms with E-state index in [0.29, 0.717) is 0 Å². The molecular weight excluding hydrogens is 238 g/mol. The molecule has 0 heterocycles. The third kappa shape index (κ3) is 2.93. The number of methoxy groups -OCH3 is 2. The largest absolute Gasteiger partial charge is 0.497 e. The van der Waals surface area contributed by atoms with Crippen molar-refractivity contribution in [2.75, 3.05) is 20.8 Å². The predicted molar refractivity (Wildman–Crippen MR) is 77.6 cm³/mol. The van der Waals surface area contributed by atoms with Crippen LogP contribution in [0.3, 0.4) is 0 Å². The summed E-state index contributed by atoms with van der Waals surface area (Å²) in [5.41, 5.74) is 1.26. The number of hydrogen-bond donors (Lipinski definition) is 1. The van der Waals surface area contributed by atoms with Crippen LogP contribution in [0.5, 0.6) is 5.75 Å². The van der Waals surface area contributed by atoms with Crippen LogP contribution < -0.4 is 10.1 Å². The van der Waals surface area contributed by atoms with Crippen molar-refractivity contribution in [1.29, 1.82) is 0 Å². The smallest absolute Gasteiger partial charge is 0.118 e. The van der Waals surface area contributed by atoms with E-state index in [0.717, 1.165) is 31.6 Å². The summed E-state index contributed by atoms with van der Waals surface area (Å²) in [4.78, 5) is 0. The first-order valence-electron chi connectivity index (χ1n) is 7.18. The van der Waals surface area contributed by atoms with Crippen molar-refractivity contribution in [3.05, 3.63) is 29.8 Å². The zero-order chi connectivity index (χ0) is 13.7. The Balaban J connectivity index is 2.20. The number of ether oxygens (including phenoxy) is 2. The summed E-state index contributed by atoms with van der Waals surface area (Å²) in [5.74, 6) is 0.901. The van der Waals surface area contributed by atoms with E-state index in [1.54, 1.807) is 7.11 Å². The molecule has 1 unspecified atom stereocenters. The monoisotopic (exact) mass is 263 g/mol. The second-order valence-electron chi connectivity index (χ2n) is 5.28. The lowest BCUT2D eigenvalue weighted by Crippen LogP contribution is -2.50. The second-order valence-corrected chi connectivity index (χ2v) is 5.28. The molecule has 1 aromatic carbocycles. The van der Waals surface area contributed by atoms with Crippen molar-refractivity contribution in [2.24, 2.45) is 0 Å². The lowest BCUT2D eigenvalue weighted by atomic mass is 9.72. The highest BCUT2D eigenvalue weighted by molar-refractivity contribution is 5.31. The van der Waals surface area contributed by atoms with Gasteiger partial charge in [0.2, 0.25) is 0 Å². The van der Waals surface area contributed by atoms with Gasteiger partial charge in [0.15, 0.2) is 0 Å². The van der Waals surface area contributed by atoms with Crippen molar-refractivity contribution in [3.63, 3.8) is 0 Å². The molecule has 0 amide bonds. The van der Waals surface area contributed by atoms with Crippen LogP contribution in [0.15, 0.2) is 24.3 Å². The van der Waals surface area contributed by atoms with E-state index >= 15 is 0 Å². The molecule has 3 heteroatoms. The Labute approximate surface area is 116 Å². The number of hydrogen-bond acceptors (Lipinski definition) is 3. The summed E-state index contributed by atoms with van der Waals surface area (Å²) < 4.78 is 11.1. The Morgan fingerprint density at radius 1 is 1.21 bits per heavy atom. The summed E-state index contributed by atoms with van der Waals surface area (Å²) in [6.07, 6.45) is 4.66. The molecule has 0 radical (unpaired) electrons. The number of rotatable bonds is 7. The van der Waals surface area contributed by atoms with Gasteiger partial charge in [0.05, 0.1) is 18.8 Å². The average Bonchev–Trinajstić information content (AvgIpc) is 2.42. The molecule has 19 heavy (non-hydrogen) atoms. The van der Waals surface area contributed by atoms with E-state index in [2.05, 4.69) is 24.4 Å². The normalized spacial score (nSPS) is 18.7. The van der Waals surface area contributed by atoms with Gasteiger partial charge in [0, 0.05) is 7.11 Å². The van der Waals surface area contributed by atoms with Gasteiger partial charge in [0.1, 0.15) is 5.75 Å². The summed E-state index contributed by atoms with van der Waals surface area (Å²) in [6, 6.07) is 8.61. The van der Waals surface area contributed by atoms with Gasteiger partial charge in [-0.1, -0.05) is 19.1 Å². The van der Waals surface area contributed by atoms with Gasteiger partial charge >= 0.3 is 0 Å². The number of benzene rings is 1. The molecule has 106 valence electrons. The molecule has 1 aliphatic carbocycles. The van der Waals surface area contributed by atoms with Gasteiger partial charge in [-0.05, 0) is 49.9 Å². The number of nitrogens with one attached hydrogen (secondary N) is 1. The van der Waals surface area contributed by atoms with Crippen molar-refractivity contribution in [3.8, 4) is 5.75 Å². The van der Waals surface area contributed by atoms with Gasteiger partial charge in [-0.25, -0.2) is 0 Å². The van der Waals surface area contributed by atoms with E-state index in [-0.39, 0.29) is 11.6 Å². The highest BCUT2D eigenvalue weighted by Crippen LogP contribution is 2.45. The maximum Gasteiger partial charge on any atom is 0.118 e. The Bertz CT molecular complexity index is 379. The third-order valence-electron chi connectivity index (χ3n) is 4.18. The molecule has 0 bridgehead atoms. The minimum absolute atomic E-state index is 0.0240. The average molecular weight is 263 g/mol. The highest BCUT2D eigenvalue weighted by atomic mass is 16.5. The van der Waals surface area contributed by atoms with Crippen LogP contribution in [-0.4, -0.2) is 26.4 Å². The van der Waals surface area contributed by atoms with E-state index in [9.17, 15) is 0 Å². The summed E-state index contributed by atoms with van der Waals surface area (Å²) in [5, 5.41) is 3.65. The maximum atomic E-state index is 5.85. The van der Waals surface area contributed by atoms with Crippen LogP contribution >= 0.6 is 0 Å². The minimum Gasteiger partial charge on any atom is -0.497 e. The van der Waals surface area contributed by atoms with Crippen molar-refractivity contribution < 1.29 is 9.47 Å². The maximum absolute atomic E-state index is 5.85. The summed E-state index contributed by atoms with van der Waals surface area (Å²) in [6.45, 7) is 3.21. The van der Waals surface area contributed by atoms with E-state index in [4.69, 9.17) is 9.47 Å². The Kier molecular flexibility index (Phi) is 4.83. The van der Waals surface area contributed by atoms with E-state index in [1.807, 2.05) is 19.2 Å². The SMILES string of the molecule is CCCNC(c1ccc(OC)cc1)C1(OC)CCC1. The molecule has 1 atom stereocenters. The van der Waals surface area contributed by atoms with Gasteiger partial charge in [-0.15, -0.1) is 0 Å². The van der Waals surface area contributed by atoms with Crippen LogP contribution in [0.2, 0.25) is 0 Å². The van der Waals surface area contributed by atoms with Gasteiger partial charge < -0.3 is 14.8 Å². The molecule has 0 aromatic heterocycles. The molecule has 0 aliphatic heterocycles. The van der Waals surface area contributed by atoms with Crippen LogP contribution in [0.25, 0.3) is 0 Å². The summed E-state index contributed by atoms with van der Waals surface area (Å²) >= 11 is 0. The molecule has 3 nitrogen and oxygen atoms in total. The van der Waals surface area contributed by atoms with Crippen LogP contribution in [0, 0.1) is 0 Å². The molecule has 2 rings (SSSR count). The fourth-order valence-electron chi connectivity index (χ4n) is 2.83. The predicted octanol–water partition coefficient (Wildman–Crippen LogP) is 3.31. The van der Waals surface area contributed by atoms with Gasteiger partial charge in [0.25, 0.3) is 0 Å². The third-order valence-corrected chi connectivity index (χ3v) is 4.18. The minimum atomic E-state index is -0.0240. The molecule has 1 aromatic rings. The molecule has 0 spiro atoms. The van der Waals surface area contributed by atoms with E-state index < -0.39 is 0 Å². The highest BCUT2D eigenvalue weighted by Gasteiger charge is 2.44. The topological polar surface area (TPSA) is 30.5 Å². The Morgan fingerprint density at radius 2 is 1.89 bits per heavy atom. The Morgan fingerprint density at radius 3 is 2.32 bits per heavy atom. The first-order chi connectivity index (χ1) is 9.25. The van der Waals surface area contributed by atoms with E-state index in [1.165, 1.54) is 12.0 Å². The Hall–Kier alpha value is -1.06. The van der Waals surface area contributed by atoms with Gasteiger partial charge in [-0.2, -0.15) is 0 Å². The molecular formula is C16H25NO2. The van der Waals surface area contributed by atoms with Crippen LogP contribution in [0.4, 0.5) is 0 Å². The standard InChI is InChI=1S/C16H25NO2/c1-4-12-17-15(16(19-3)10-5-11-16)13-6-8-14(18-2)9-7-13/h6-9,15,17H,4-5,10-12H2,1-3H3. The lowest BCUT2D eigenvalue weighted by Gasteiger charge is -2.47. The van der Waals surface area contributed by atoms with Crippen molar-refractivity contribution in [2.45, 2.75) is 44.2 Å². The molecule has 1 aliphatic rings. The fraction of sp³-hybridized carbons (Fsp3) is 0.625. The first kappa shape index (κ1) is 14.4. The van der Waals surface area contributed by atoms with Gasteiger partial charge in [-0.3, -0.25) is 0 Å². The van der Waals surface area contributed by atoms with Crippen LogP contribution in [0.1, 0.15) is 44.2 Å². The fourth-order valence-corrected chi connectivity index (χ4v) is 2.83. The first-order valence-corrected chi connectivity index (χ1v) is 7.18. The molecule has 1 fully saturated rings. The molecule has 1 saturated carbocycles. The second kappa shape index (κ2) is 6.40. The quantitative estimate of drug-likeness (QED) is 0.818. The lowest BCUT2D eigenvalue weighted by molar-refractivity contribution is -0.0997.